The van der Waals surface area contributed by atoms with Crippen LogP contribution in [0.2, 0.25) is 0 Å². The summed E-state index contributed by atoms with van der Waals surface area (Å²) in [6, 6.07) is 5.94. The van der Waals surface area contributed by atoms with Gasteiger partial charge in [-0.25, -0.2) is 0 Å². The summed E-state index contributed by atoms with van der Waals surface area (Å²) >= 11 is 0. The van der Waals surface area contributed by atoms with Crippen LogP contribution in [0.5, 0.6) is 0 Å². The summed E-state index contributed by atoms with van der Waals surface area (Å²) in [5.41, 5.74) is 3.27. The molecule has 0 heterocycles. The number of ether oxygens (including phenoxy) is 1. The summed E-state index contributed by atoms with van der Waals surface area (Å²) in [4.78, 5) is 11.7. The number of rotatable bonds is 8. The number of benzene rings is 1. The van der Waals surface area contributed by atoms with E-state index in [1.807, 2.05) is 30.4 Å². The molecule has 0 unspecified atom stereocenters. The number of carbonyl (C=O) groups excluding carboxylic acids is 1. The van der Waals surface area contributed by atoms with Gasteiger partial charge in [0, 0.05) is 12.1 Å². The van der Waals surface area contributed by atoms with Gasteiger partial charge in [0.05, 0.1) is 19.4 Å². The Kier molecular flexibility index (Phi) is 6.68. The van der Waals surface area contributed by atoms with Crippen molar-refractivity contribution < 1.29 is 14.8 Å². The van der Waals surface area contributed by atoms with Gasteiger partial charge in [0.1, 0.15) is 0 Å². The Morgan fingerprint density at radius 2 is 2.21 bits per heavy atom. The number of nitrogens with one attached hydrogen (secondary N) is 1. The van der Waals surface area contributed by atoms with Crippen LogP contribution in [-0.2, 0) is 9.53 Å². The fourth-order valence-corrected chi connectivity index (χ4v) is 1.66. The average Bonchev–Trinajstić information content (AvgIpc) is 2.38. The summed E-state index contributed by atoms with van der Waals surface area (Å²) in [6.45, 7) is 9.52. The van der Waals surface area contributed by atoms with Crippen LogP contribution in [0.15, 0.2) is 31.0 Å². The van der Waals surface area contributed by atoms with Gasteiger partial charge in [-0.1, -0.05) is 12.6 Å². The zero-order valence-electron chi connectivity index (χ0n) is 11.7. The van der Waals surface area contributed by atoms with Gasteiger partial charge in [-0.3, -0.25) is 4.79 Å². The molecule has 0 spiro atoms. The third-order valence-electron chi connectivity index (χ3n) is 2.91. The fraction of sp³-hybridized carbons (Fsp3) is 0.400. The van der Waals surface area contributed by atoms with E-state index in [1.165, 1.54) is 17.4 Å². The molecule has 1 aromatic carbocycles. The normalized spacial score (nSPS) is 10.0. The molecule has 0 atom stereocenters. The lowest BCUT2D eigenvalue weighted by atomic mass is 10.1. The molecular formula is C15H23N2O2+. The Morgan fingerprint density at radius 3 is 2.89 bits per heavy atom. The van der Waals surface area contributed by atoms with Gasteiger partial charge in [0.2, 0.25) is 0 Å². The average molecular weight is 263 g/mol. The van der Waals surface area contributed by atoms with E-state index in [0.29, 0.717) is 13.2 Å². The molecule has 0 bridgehead atoms. The van der Waals surface area contributed by atoms with E-state index in [4.69, 9.17) is 4.74 Å². The van der Waals surface area contributed by atoms with Crippen LogP contribution in [0, 0.1) is 13.8 Å². The summed E-state index contributed by atoms with van der Waals surface area (Å²) in [5.74, 6) is 0.0212. The minimum atomic E-state index is 0.0212. The van der Waals surface area contributed by atoms with Gasteiger partial charge in [-0.2, -0.15) is 0 Å². The number of hydrogen-bond acceptors (Lipinski definition) is 2. The fourth-order valence-electron chi connectivity index (χ4n) is 1.66. The van der Waals surface area contributed by atoms with Crippen LogP contribution in [0.1, 0.15) is 17.5 Å². The molecule has 1 amide bonds. The van der Waals surface area contributed by atoms with Crippen LogP contribution in [0.4, 0.5) is 5.69 Å². The maximum atomic E-state index is 11.7. The molecule has 0 fully saturated rings. The lowest BCUT2D eigenvalue weighted by Crippen LogP contribution is -2.86. The first kappa shape index (κ1) is 15.2. The molecule has 1 aromatic rings. The summed E-state index contributed by atoms with van der Waals surface area (Å²) < 4.78 is 5.00. The molecule has 19 heavy (non-hydrogen) atoms. The molecule has 4 nitrogen and oxygen atoms in total. The second-order valence-electron chi connectivity index (χ2n) is 4.52. The van der Waals surface area contributed by atoms with Crippen molar-refractivity contribution in [1.29, 1.82) is 0 Å². The zero-order chi connectivity index (χ0) is 14.1. The number of anilines is 1. The molecule has 1 rings (SSSR count). The molecule has 0 radical (unpaired) electrons. The van der Waals surface area contributed by atoms with Crippen LogP contribution in [0.3, 0.4) is 0 Å². The second-order valence-corrected chi connectivity index (χ2v) is 4.52. The van der Waals surface area contributed by atoms with Crippen molar-refractivity contribution in [2.75, 3.05) is 25.0 Å². The van der Waals surface area contributed by atoms with Gasteiger partial charge in [0.25, 0.3) is 5.91 Å². The standard InChI is InChI=1S/C15H22N2O2/c1-4-19-9-5-8-16-11-15(18)17-14-7-6-12(2)13(3)10-14/h4,6-7,10,16H,1,5,8-9,11H2,2-3H3,(H,17,18)/p+1. The third-order valence-corrected chi connectivity index (χ3v) is 2.91. The predicted molar refractivity (Wildman–Crippen MR) is 77.0 cm³/mol. The first-order valence-electron chi connectivity index (χ1n) is 6.54. The summed E-state index contributed by atoms with van der Waals surface area (Å²) in [6.07, 6.45) is 2.34. The molecule has 0 aromatic heterocycles. The number of nitrogens with two attached hydrogens (primary N) is 1. The van der Waals surface area contributed by atoms with Crippen molar-refractivity contribution in [1.82, 2.24) is 0 Å². The molecule has 0 aliphatic rings. The van der Waals surface area contributed by atoms with Gasteiger partial charge >= 0.3 is 0 Å². The van der Waals surface area contributed by atoms with Crippen molar-refractivity contribution in [2.24, 2.45) is 0 Å². The molecule has 3 N–H and O–H groups in total. The Labute approximate surface area is 114 Å². The topological polar surface area (TPSA) is 54.9 Å². The molecule has 0 aliphatic heterocycles. The smallest absolute Gasteiger partial charge is 0.279 e. The number of quaternary nitrogens is 1. The van der Waals surface area contributed by atoms with Crippen molar-refractivity contribution >= 4 is 11.6 Å². The molecule has 4 heteroatoms. The first-order valence-corrected chi connectivity index (χ1v) is 6.54. The van der Waals surface area contributed by atoms with E-state index in [2.05, 4.69) is 18.8 Å². The van der Waals surface area contributed by atoms with E-state index < -0.39 is 0 Å². The molecule has 0 saturated heterocycles. The first-order chi connectivity index (χ1) is 9.13. The van der Waals surface area contributed by atoms with Crippen LogP contribution < -0.4 is 10.6 Å². The highest BCUT2D eigenvalue weighted by molar-refractivity contribution is 5.91. The molecule has 0 aliphatic carbocycles. The van der Waals surface area contributed by atoms with E-state index in [1.54, 1.807) is 0 Å². The van der Waals surface area contributed by atoms with Gasteiger partial charge < -0.3 is 15.4 Å². The highest BCUT2D eigenvalue weighted by atomic mass is 16.5. The largest absolute Gasteiger partial charge is 0.502 e. The van der Waals surface area contributed by atoms with E-state index in [9.17, 15) is 4.79 Å². The second kappa shape index (κ2) is 8.32. The number of carbonyl (C=O) groups is 1. The number of aryl methyl sites for hydroxylation is 2. The van der Waals surface area contributed by atoms with Crippen molar-refractivity contribution in [3.8, 4) is 0 Å². The maximum Gasteiger partial charge on any atom is 0.279 e. The summed E-state index contributed by atoms with van der Waals surface area (Å²) in [5, 5.41) is 4.87. The van der Waals surface area contributed by atoms with Crippen molar-refractivity contribution in [3.05, 3.63) is 42.2 Å². The van der Waals surface area contributed by atoms with E-state index in [-0.39, 0.29) is 5.91 Å². The highest BCUT2D eigenvalue weighted by Gasteiger charge is 2.04. The Balaban J connectivity index is 2.23. The highest BCUT2D eigenvalue weighted by Crippen LogP contribution is 2.13. The maximum absolute atomic E-state index is 11.7. The molecular weight excluding hydrogens is 240 g/mol. The Hall–Kier alpha value is -1.81. The Morgan fingerprint density at radius 1 is 1.42 bits per heavy atom. The van der Waals surface area contributed by atoms with Gasteiger partial charge in [-0.15, -0.1) is 0 Å². The molecule has 0 saturated carbocycles. The van der Waals surface area contributed by atoms with Crippen LogP contribution >= 0.6 is 0 Å². The predicted octanol–water partition coefficient (Wildman–Crippen LogP) is 1.36. The number of hydrogen-bond donors (Lipinski definition) is 2. The van der Waals surface area contributed by atoms with Crippen LogP contribution in [-0.4, -0.2) is 25.6 Å². The quantitative estimate of drug-likeness (QED) is 0.549. The van der Waals surface area contributed by atoms with Crippen molar-refractivity contribution in [3.63, 3.8) is 0 Å². The SMILES string of the molecule is C=COCCC[NH2+]CC(=O)Nc1ccc(C)c(C)c1. The van der Waals surface area contributed by atoms with Gasteiger partial charge in [-0.05, 0) is 37.1 Å². The zero-order valence-corrected chi connectivity index (χ0v) is 11.7. The van der Waals surface area contributed by atoms with Crippen LogP contribution in [0.25, 0.3) is 0 Å². The van der Waals surface area contributed by atoms with Crippen molar-refractivity contribution in [2.45, 2.75) is 20.3 Å². The molecule has 104 valence electrons. The monoisotopic (exact) mass is 263 g/mol. The lowest BCUT2D eigenvalue weighted by molar-refractivity contribution is -0.644. The number of amides is 1. The lowest BCUT2D eigenvalue weighted by Gasteiger charge is -2.07. The Bertz CT molecular complexity index is 430. The minimum absolute atomic E-state index is 0.0212. The third kappa shape index (κ3) is 6.06. The summed E-state index contributed by atoms with van der Waals surface area (Å²) in [7, 11) is 0. The van der Waals surface area contributed by atoms with E-state index >= 15 is 0 Å². The van der Waals surface area contributed by atoms with Gasteiger partial charge in [0.15, 0.2) is 6.54 Å². The van der Waals surface area contributed by atoms with E-state index in [0.717, 1.165) is 18.7 Å². The minimum Gasteiger partial charge on any atom is -0.502 e.